The van der Waals surface area contributed by atoms with Crippen LogP contribution in [-0.4, -0.2) is 23.1 Å². The Balaban J connectivity index is 2.60. The lowest BCUT2D eigenvalue weighted by Crippen LogP contribution is -2.15. The van der Waals surface area contributed by atoms with Gasteiger partial charge in [0.1, 0.15) is 0 Å². The van der Waals surface area contributed by atoms with E-state index in [4.69, 9.17) is 0 Å². The standard InChI is InChI=1S/C15H11F3N4O4/c1-20(19-9-10-5-3-2-4-6-10)14-12(21(23)24)7-11(15(16,17)18)8-13(14)22(25)26/h2-9H,1H3/b19-9-. The van der Waals surface area contributed by atoms with Crippen molar-refractivity contribution in [3.05, 3.63) is 73.8 Å². The Morgan fingerprint density at radius 3 is 1.96 bits per heavy atom. The van der Waals surface area contributed by atoms with E-state index in [1.807, 2.05) is 0 Å². The largest absolute Gasteiger partial charge is 0.416 e. The molecule has 0 heterocycles. The van der Waals surface area contributed by atoms with Crippen molar-refractivity contribution < 1.29 is 23.0 Å². The minimum Gasteiger partial charge on any atom is -0.258 e. The number of nitro benzene ring substituents is 2. The zero-order valence-electron chi connectivity index (χ0n) is 13.2. The number of hydrogen-bond acceptors (Lipinski definition) is 6. The molecule has 2 aromatic rings. The number of anilines is 1. The van der Waals surface area contributed by atoms with Crippen LogP contribution in [0.15, 0.2) is 47.6 Å². The van der Waals surface area contributed by atoms with Gasteiger partial charge in [-0.2, -0.15) is 18.3 Å². The van der Waals surface area contributed by atoms with Crippen LogP contribution < -0.4 is 5.01 Å². The third kappa shape index (κ3) is 4.12. The topological polar surface area (TPSA) is 102 Å². The van der Waals surface area contributed by atoms with Gasteiger partial charge in [0.15, 0.2) is 0 Å². The quantitative estimate of drug-likeness (QED) is 0.451. The van der Waals surface area contributed by atoms with Crippen LogP contribution in [0.2, 0.25) is 0 Å². The molecule has 0 atom stereocenters. The van der Waals surface area contributed by atoms with Crippen molar-refractivity contribution in [2.75, 3.05) is 12.1 Å². The molecule has 0 aliphatic heterocycles. The van der Waals surface area contributed by atoms with Crippen LogP contribution in [0, 0.1) is 20.2 Å². The van der Waals surface area contributed by atoms with E-state index in [-0.39, 0.29) is 12.1 Å². The van der Waals surface area contributed by atoms with Gasteiger partial charge < -0.3 is 0 Å². The van der Waals surface area contributed by atoms with E-state index >= 15 is 0 Å². The molecule has 0 amide bonds. The molecule has 0 spiro atoms. The van der Waals surface area contributed by atoms with Gasteiger partial charge in [0.2, 0.25) is 5.69 Å². The summed E-state index contributed by atoms with van der Waals surface area (Å²) >= 11 is 0. The SMILES string of the molecule is CN(/N=C\c1ccccc1)c1c([N+](=O)[O-])cc(C(F)(F)F)cc1[N+](=O)[O-]. The number of hydrazone groups is 1. The molecular weight excluding hydrogens is 357 g/mol. The zero-order valence-corrected chi connectivity index (χ0v) is 13.2. The molecule has 0 bridgehead atoms. The fraction of sp³-hybridized carbons (Fsp3) is 0.133. The second kappa shape index (κ2) is 7.17. The molecule has 0 aliphatic rings. The Labute approximate surface area is 144 Å². The first-order valence-corrected chi connectivity index (χ1v) is 6.98. The summed E-state index contributed by atoms with van der Waals surface area (Å²) in [6.45, 7) is 0. The normalized spacial score (nSPS) is 11.5. The van der Waals surface area contributed by atoms with Crippen LogP contribution in [0.4, 0.5) is 30.2 Å². The maximum absolute atomic E-state index is 12.9. The number of nitrogens with zero attached hydrogens (tertiary/aromatic N) is 4. The first kappa shape index (κ1) is 18.8. The molecule has 0 unspecified atom stereocenters. The van der Waals surface area contributed by atoms with Gasteiger partial charge in [-0.25, -0.2) is 0 Å². The summed E-state index contributed by atoms with van der Waals surface area (Å²) in [4.78, 5) is 20.1. The third-order valence-electron chi connectivity index (χ3n) is 3.29. The molecular formula is C15H11F3N4O4. The van der Waals surface area contributed by atoms with Crippen LogP contribution in [0.5, 0.6) is 0 Å². The molecule has 0 saturated heterocycles. The summed E-state index contributed by atoms with van der Waals surface area (Å²) < 4.78 is 38.7. The van der Waals surface area contributed by atoms with Crippen LogP contribution in [0.3, 0.4) is 0 Å². The third-order valence-corrected chi connectivity index (χ3v) is 3.29. The van der Waals surface area contributed by atoms with Crippen LogP contribution in [0.1, 0.15) is 11.1 Å². The Hall–Kier alpha value is -3.50. The molecule has 0 fully saturated rings. The Kier molecular flexibility index (Phi) is 5.19. The first-order valence-electron chi connectivity index (χ1n) is 6.98. The minimum absolute atomic E-state index is 0.247. The van der Waals surface area contributed by atoms with Gasteiger partial charge in [-0.1, -0.05) is 30.3 Å². The molecule has 0 aromatic heterocycles. The Morgan fingerprint density at radius 1 is 1.04 bits per heavy atom. The second-order valence-electron chi connectivity index (χ2n) is 5.05. The molecule has 0 aliphatic carbocycles. The summed E-state index contributed by atoms with van der Waals surface area (Å²) in [6, 6.07) is 8.95. The highest BCUT2D eigenvalue weighted by Gasteiger charge is 2.38. The number of rotatable bonds is 5. The summed E-state index contributed by atoms with van der Waals surface area (Å²) in [5, 5.41) is 27.0. The lowest BCUT2D eigenvalue weighted by Gasteiger charge is -2.15. The van der Waals surface area contributed by atoms with Gasteiger partial charge in [-0.3, -0.25) is 25.2 Å². The van der Waals surface area contributed by atoms with E-state index in [1.54, 1.807) is 30.3 Å². The maximum atomic E-state index is 12.9. The smallest absolute Gasteiger partial charge is 0.258 e. The van der Waals surface area contributed by atoms with Crippen molar-refractivity contribution in [1.29, 1.82) is 0 Å². The van der Waals surface area contributed by atoms with E-state index in [0.717, 1.165) is 5.01 Å². The number of halogens is 3. The summed E-state index contributed by atoms with van der Waals surface area (Å²) in [5.74, 6) is 0. The van der Waals surface area contributed by atoms with Gasteiger partial charge in [0, 0.05) is 19.2 Å². The molecule has 136 valence electrons. The molecule has 8 nitrogen and oxygen atoms in total. The van der Waals surface area contributed by atoms with Gasteiger partial charge in [0.25, 0.3) is 0 Å². The molecule has 26 heavy (non-hydrogen) atoms. The van der Waals surface area contributed by atoms with Crippen molar-refractivity contribution in [3.63, 3.8) is 0 Å². The summed E-state index contributed by atoms with van der Waals surface area (Å²) in [7, 11) is 1.17. The van der Waals surface area contributed by atoms with Crippen molar-refractivity contribution >= 4 is 23.3 Å². The number of nitro groups is 2. The number of alkyl halides is 3. The predicted molar refractivity (Wildman–Crippen MR) is 87.2 cm³/mol. The highest BCUT2D eigenvalue weighted by Crippen LogP contribution is 2.42. The lowest BCUT2D eigenvalue weighted by atomic mass is 10.1. The van der Waals surface area contributed by atoms with E-state index in [9.17, 15) is 33.4 Å². The lowest BCUT2D eigenvalue weighted by molar-refractivity contribution is -0.393. The molecule has 0 saturated carbocycles. The molecule has 0 radical (unpaired) electrons. The predicted octanol–water partition coefficient (Wildman–Crippen LogP) is 3.99. The van der Waals surface area contributed by atoms with Crippen LogP contribution in [0.25, 0.3) is 0 Å². The molecule has 11 heteroatoms. The highest BCUT2D eigenvalue weighted by atomic mass is 19.4. The van der Waals surface area contributed by atoms with Crippen molar-refractivity contribution in [3.8, 4) is 0 Å². The van der Waals surface area contributed by atoms with Crippen LogP contribution in [-0.2, 0) is 6.18 Å². The number of hydrogen-bond donors (Lipinski definition) is 0. The fourth-order valence-electron chi connectivity index (χ4n) is 2.13. The number of benzene rings is 2. The second-order valence-corrected chi connectivity index (χ2v) is 5.05. The average Bonchev–Trinajstić information content (AvgIpc) is 2.58. The van der Waals surface area contributed by atoms with Crippen LogP contribution >= 0.6 is 0 Å². The van der Waals surface area contributed by atoms with Crippen molar-refractivity contribution in [2.24, 2.45) is 5.10 Å². The Bertz CT molecular complexity index is 834. The summed E-state index contributed by atoms with van der Waals surface area (Å²) in [5.41, 5.74) is -3.68. The van der Waals surface area contributed by atoms with Crippen molar-refractivity contribution in [2.45, 2.75) is 6.18 Å². The van der Waals surface area contributed by atoms with Gasteiger partial charge >= 0.3 is 17.6 Å². The highest BCUT2D eigenvalue weighted by molar-refractivity contribution is 5.82. The maximum Gasteiger partial charge on any atom is 0.416 e. The minimum atomic E-state index is -4.97. The van der Waals surface area contributed by atoms with E-state index < -0.39 is 38.6 Å². The van der Waals surface area contributed by atoms with Gasteiger partial charge in [-0.05, 0) is 5.56 Å². The monoisotopic (exact) mass is 368 g/mol. The van der Waals surface area contributed by atoms with E-state index in [0.29, 0.717) is 5.56 Å². The molecule has 2 aromatic carbocycles. The Morgan fingerprint density at radius 2 is 1.54 bits per heavy atom. The molecule has 0 N–H and O–H groups in total. The summed E-state index contributed by atoms with van der Waals surface area (Å²) in [6.07, 6.45) is -3.70. The molecule has 2 rings (SSSR count). The zero-order chi connectivity index (χ0) is 19.5. The average molecular weight is 368 g/mol. The van der Waals surface area contributed by atoms with E-state index in [1.165, 1.54) is 13.3 Å². The van der Waals surface area contributed by atoms with Crippen molar-refractivity contribution in [1.82, 2.24) is 0 Å². The van der Waals surface area contributed by atoms with Gasteiger partial charge in [0.05, 0.1) is 21.6 Å². The van der Waals surface area contributed by atoms with Gasteiger partial charge in [-0.15, -0.1) is 0 Å². The van der Waals surface area contributed by atoms with E-state index in [2.05, 4.69) is 5.10 Å². The first-order chi connectivity index (χ1) is 12.1. The fourth-order valence-corrected chi connectivity index (χ4v) is 2.13.